The average molecular weight is 295 g/mol. The van der Waals surface area contributed by atoms with Crippen molar-refractivity contribution in [2.75, 3.05) is 13.7 Å². The predicted molar refractivity (Wildman–Crippen MR) is 87.3 cm³/mol. The minimum atomic E-state index is -0.129. The molecule has 0 spiro atoms. The molecule has 3 nitrogen and oxygen atoms in total. The van der Waals surface area contributed by atoms with E-state index in [0.29, 0.717) is 6.61 Å². The van der Waals surface area contributed by atoms with Crippen LogP contribution in [0, 0.1) is 18.3 Å². The molecule has 0 aliphatic carbocycles. The van der Waals surface area contributed by atoms with Crippen molar-refractivity contribution in [1.82, 2.24) is 0 Å². The van der Waals surface area contributed by atoms with E-state index in [-0.39, 0.29) is 5.92 Å². The summed E-state index contributed by atoms with van der Waals surface area (Å²) in [4.78, 5) is 0. The third-order valence-corrected chi connectivity index (χ3v) is 3.55. The van der Waals surface area contributed by atoms with Gasteiger partial charge >= 0.3 is 0 Å². The van der Waals surface area contributed by atoms with Gasteiger partial charge in [0.25, 0.3) is 0 Å². The molecule has 114 valence electrons. The number of benzene rings is 2. The summed E-state index contributed by atoms with van der Waals surface area (Å²) in [6.45, 7) is 2.66. The standard InChI is InChI=1S/C19H21NO2/c1-15-6-3-10-19(12-15)22-11-5-8-17(14-20)16-7-4-9-18(13-16)21-2/h3-4,6-7,9-10,12-13,17H,5,8,11H2,1-2H3. The van der Waals surface area contributed by atoms with E-state index in [1.165, 1.54) is 5.56 Å². The first-order chi connectivity index (χ1) is 10.7. The maximum Gasteiger partial charge on any atom is 0.119 e. The van der Waals surface area contributed by atoms with Crippen LogP contribution in [0.2, 0.25) is 0 Å². The Bertz CT molecular complexity index is 646. The molecule has 0 N–H and O–H groups in total. The molecule has 0 aliphatic heterocycles. The number of hydrogen-bond donors (Lipinski definition) is 0. The molecular formula is C19H21NO2. The van der Waals surface area contributed by atoms with Crippen molar-refractivity contribution in [3.8, 4) is 17.6 Å². The van der Waals surface area contributed by atoms with Crippen LogP contribution in [0.15, 0.2) is 48.5 Å². The summed E-state index contributed by atoms with van der Waals surface area (Å²) in [6, 6.07) is 18.1. The average Bonchev–Trinajstić information content (AvgIpc) is 2.55. The van der Waals surface area contributed by atoms with Crippen LogP contribution in [-0.2, 0) is 0 Å². The molecule has 0 saturated heterocycles. The van der Waals surface area contributed by atoms with E-state index >= 15 is 0 Å². The fourth-order valence-corrected chi connectivity index (χ4v) is 2.35. The molecule has 0 radical (unpaired) electrons. The number of rotatable bonds is 7. The molecule has 3 heteroatoms. The summed E-state index contributed by atoms with van der Waals surface area (Å²) in [7, 11) is 1.64. The maximum atomic E-state index is 9.36. The lowest BCUT2D eigenvalue weighted by Gasteiger charge is -2.11. The molecule has 2 aromatic rings. The van der Waals surface area contributed by atoms with Crippen molar-refractivity contribution < 1.29 is 9.47 Å². The molecule has 0 aliphatic rings. The Balaban J connectivity index is 1.85. The zero-order valence-electron chi connectivity index (χ0n) is 13.1. The van der Waals surface area contributed by atoms with Crippen LogP contribution in [0.3, 0.4) is 0 Å². The Labute approximate surface area is 132 Å². The van der Waals surface area contributed by atoms with E-state index in [2.05, 4.69) is 6.07 Å². The first-order valence-electron chi connectivity index (χ1n) is 7.46. The van der Waals surface area contributed by atoms with Gasteiger partial charge in [0.2, 0.25) is 0 Å². The quantitative estimate of drug-likeness (QED) is 0.708. The Morgan fingerprint density at radius 3 is 2.59 bits per heavy atom. The Morgan fingerprint density at radius 1 is 1.09 bits per heavy atom. The van der Waals surface area contributed by atoms with Gasteiger partial charge < -0.3 is 9.47 Å². The van der Waals surface area contributed by atoms with Crippen LogP contribution in [0.4, 0.5) is 0 Å². The van der Waals surface area contributed by atoms with E-state index in [1.807, 2.05) is 55.5 Å². The second-order valence-corrected chi connectivity index (χ2v) is 5.27. The SMILES string of the molecule is COc1cccc(C(C#N)CCCOc2cccc(C)c2)c1. The highest BCUT2D eigenvalue weighted by Gasteiger charge is 2.11. The lowest BCUT2D eigenvalue weighted by atomic mass is 9.96. The minimum absolute atomic E-state index is 0.129. The van der Waals surface area contributed by atoms with E-state index in [0.717, 1.165) is 29.9 Å². The van der Waals surface area contributed by atoms with Crippen LogP contribution < -0.4 is 9.47 Å². The summed E-state index contributed by atoms with van der Waals surface area (Å²) in [6.07, 6.45) is 1.61. The minimum Gasteiger partial charge on any atom is -0.497 e. The molecule has 0 saturated carbocycles. The molecule has 0 bridgehead atoms. The molecule has 1 unspecified atom stereocenters. The van der Waals surface area contributed by atoms with Gasteiger partial charge in [0.15, 0.2) is 0 Å². The number of nitrogens with zero attached hydrogens (tertiary/aromatic N) is 1. The monoisotopic (exact) mass is 295 g/mol. The second-order valence-electron chi connectivity index (χ2n) is 5.27. The first kappa shape index (κ1) is 15.9. The highest BCUT2D eigenvalue weighted by atomic mass is 16.5. The second kappa shape index (κ2) is 8.09. The molecule has 2 rings (SSSR count). The fourth-order valence-electron chi connectivity index (χ4n) is 2.35. The van der Waals surface area contributed by atoms with Crippen LogP contribution in [-0.4, -0.2) is 13.7 Å². The number of methoxy groups -OCH3 is 1. The zero-order valence-corrected chi connectivity index (χ0v) is 13.1. The van der Waals surface area contributed by atoms with Gasteiger partial charge in [-0.25, -0.2) is 0 Å². The van der Waals surface area contributed by atoms with E-state index in [4.69, 9.17) is 9.47 Å². The van der Waals surface area contributed by atoms with Crippen molar-refractivity contribution >= 4 is 0 Å². The van der Waals surface area contributed by atoms with Crippen molar-refractivity contribution in [3.63, 3.8) is 0 Å². The number of aryl methyl sites for hydroxylation is 1. The molecule has 1 atom stereocenters. The van der Waals surface area contributed by atoms with Crippen molar-refractivity contribution in [3.05, 3.63) is 59.7 Å². The van der Waals surface area contributed by atoms with Gasteiger partial charge in [-0.2, -0.15) is 5.26 Å². The summed E-state index contributed by atoms with van der Waals surface area (Å²) in [5.74, 6) is 1.54. The molecule has 0 aromatic heterocycles. The van der Waals surface area contributed by atoms with E-state index < -0.39 is 0 Å². The third kappa shape index (κ3) is 4.53. The molecule has 0 amide bonds. The summed E-state index contributed by atoms with van der Waals surface area (Å²) in [5.41, 5.74) is 2.18. The van der Waals surface area contributed by atoms with Crippen LogP contribution in [0.25, 0.3) is 0 Å². The van der Waals surface area contributed by atoms with Gasteiger partial charge in [-0.3, -0.25) is 0 Å². The van der Waals surface area contributed by atoms with Gasteiger partial charge in [0, 0.05) is 0 Å². The van der Waals surface area contributed by atoms with E-state index in [9.17, 15) is 5.26 Å². The Morgan fingerprint density at radius 2 is 1.86 bits per heavy atom. The molecule has 2 aromatic carbocycles. The fraction of sp³-hybridized carbons (Fsp3) is 0.316. The molecular weight excluding hydrogens is 274 g/mol. The topological polar surface area (TPSA) is 42.2 Å². The largest absolute Gasteiger partial charge is 0.497 e. The smallest absolute Gasteiger partial charge is 0.119 e. The lowest BCUT2D eigenvalue weighted by molar-refractivity contribution is 0.304. The highest BCUT2D eigenvalue weighted by molar-refractivity contribution is 5.33. The first-order valence-corrected chi connectivity index (χ1v) is 7.46. The summed E-state index contributed by atoms with van der Waals surface area (Å²) < 4.78 is 10.9. The van der Waals surface area contributed by atoms with Crippen LogP contribution in [0.1, 0.15) is 29.9 Å². The van der Waals surface area contributed by atoms with Gasteiger partial charge in [0.05, 0.1) is 25.7 Å². The van der Waals surface area contributed by atoms with Crippen molar-refractivity contribution in [2.24, 2.45) is 0 Å². The predicted octanol–water partition coefficient (Wildman–Crippen LogP) is 4.47. The zero-order chi connectivity index (χ0) is 15.8. The van der Waals surface area contributed by atoms with Gasteiger partial charge in [-0.05, 0) is 55.2 Å². The highest BCUT2D eigenvalue weighted by Crippen LogP contribution is 2.24. The number of nitriles is 1. The molecule has 0 heterocycles. The third-order valence-electron chi connectivity index (χ3n) is 3.55. The van der Waals surface area contributed by atoms with Crippen molar-refractivity contribution in [2.45, 2.75) is 25.7 Å². The Hall–Kier alpha value is -2.47. The normalized spacial score (nSPS) is 11.5. The Kier molecular flexibility index (Phi) is 5.85. The van der Waals surface area contributed by atoms with Crippen LogP contribution in [0.5, 0.6) is 11.5 Å². The lowest BCUT2D eigenvalue weighted by Crippen LogP contribution is -2.02. The van der Waals surface area contributed by atoms with E-state index in [1.54, 1.807) is 7.11 Å². The number of hydrogen-bond acceptors (Lipinski definition) is 3. The van der Waals surface area contributed by atoms with Gasteiger partial charge in [-0.1, -0.05) is 24.3 Å². The molecule has 22 heavy (non-hydrogen) atoms. The maximum absolute atomic E-state index is 9.36. The summed E-state index contributed by atoms with van der Waals surface area (Å²) >= 11 is 0. The van der Waals surface area contributed by atoms with Crippen LogP contribution >= 0.6 is 0 Å². The molecule has 0 fully saturated rings. The summed E-state index contributed by atoms with van der Waals surface area (Å²) in [5, 5.41) is 9.36. The van der Waals surface area contributed by atoms with Gasteiger partial charge in [0.1, 0.15) is 11.5 Å². The van der Waals surface area contributed by atoms with Crippen molar-refractivity contribution in [1.29, 1.82) is 5.26 Å². The number of ether oxygens (including phenoxy) is 2. The van der Waals surface area contributed by atoms with Gasteiger partial charge in [-0.15, -0.1) is 0 Å².